The maximum absolute atomic E-state index is 7.20. The van der Waals surface area contributed by atoms with E-state index in [-0.39, 0.29) is 0 Å². The van der Waals surface area contributed by atoms with Crippen molar-refractivity contribution in [1.82, 2.24) is 5.43 Å². The second-order valence-electron chi connectivity index (χ2n) is 2.29. The minimum atomic E-state index is 0.534. The number of amidine groups is 1. The third-order valence-electron chi connectivity index (χ3n) is 1.35. The van der Waals surface area contributed by atoms with Crippen LogP contribution in [0.1, 0.15) is 26.2 Å². The molecule has 1 aliphatic heterocycles. The summed E-state index contributed by atoms with van der Waals surface area (Å²) in [6.07, 6.45) is 2.91. The van der Waals surface area contributed by atoms with E-state index in [0.717, 1.165) is 25.0 Å². The van der Waals surface area contributed by atoms with Crippen molar-refractivity contribution in [2.24, 2.45) is 5.10 Å². The average molecular weight is 125 g/mol. The Morgan fingerprint density at radius 3 is 3.11 bits per heavy atom. The van der Waals surface area contributed by atoms with Gasteiger partial charge in [-0.1, -0.05) is 0 Å². The summed E-state index contributed by atoms with van der Waals surface area (Å²) >= 11 is 0. The fourth-order valence-electron chi connectivity index (χ4n) is 0.796. The van der Waals surface area contributed by atoms with Gasteiger partial charge in [-0.25, -0.2) is 0 Å². The molecular formula is C6H11N3. The van der Waals surface area contributed by atoms with E-state index < -0.39 is 0 Å². The molecule has 0 spiro atoms. The van der Waals surface area contributed by atoms with Gasteiger partial charge in [-0.05, 0) is 19.8 Å². The molecule has 1 rings (SSSR count). The van der Waals surface area contributed by atoms with Crippen molar-refractivity contribution in [2.45, 2.75) is 26.2 Å². The van der Waals surface area contributed by atoms with E-state index in [0.29, 0.717) is 5.84 Å². The third kappa shape index (κ3) is 1.83. The first kappa shape index (κ1) is 6.26. The standard InChI is InChI=1S/C6H11N3/c1-5-3-2-4-6(7)9-8-5/h2-4H2,1H3,(H2,7,9). The van der Waals surface area contributed by atoms with E-state index in [1.165, 1.54) is 0 Å². The molecule has 1 heterocycles. The van der Waals surface area contributed by atoms with Crippen molar-refractivity contribution >= 4 is 11.5 Å². The molecule has 0 aromatic carbocycles. The quantitative estimate of drug-likeness (QED) is 0.500. The molecule has 0 atom stereocenters. The lowest BCUT2D eigenvalue weighted by Gasteiger charge is -1.94. The Bertz CT molecular complexity index is 148. The molecule has 50 valence electrons. The highest BCUT2D eigenvalue weighted by Crippen LogP contribution is 2.00. The summed E-state index contributed by atoms with van der Waals surface area (Å²) in [5.41, 5.74) is 3.76. The lowest BCUT2D eigenvalue weighted by molar-refractivity contribution is 0.905. The third-order valence-corrected chi connectivity index (χ3v) is 1.35. The molecule has 0 aromatic heterocycles. The molecule has 0 radical (unpaired) electrons. The largest absolute Gasteiger partial charge is 0.287 e. The van der Waals surface area contributed by atoms with Gasteiger partial charge in [0.05, 0.1) is 0 Å². The molecular weight excluding hydrogens is 114 g/mol. The minimum Gasteiger partial charge on any atom is -0.287 e. The van der Waals surface area contributed by atoms with Gasteiger partial charge in [-0.2, -0.15) is 5.10 Å². The Labute approximate surface area is 54.7 Å². The van der Waals surface area contributed by atoms with E-state index in [9.17, 15) is 0 Å². The fraction of sp³-hybridized carbons (Fsp3) is 0.667. The normalized spacial score (nSPS) is 20.1. The molecule has 0 aromatic rings. The van der Waals surface area contributed by atoms with Crippen molar-refractivity contribution in [3.8, 4) is 0 Å². The molecule has 0 unspecified atom stereocenters. The number of hydrogen-bond donors (Lipinski definition) is 2. The van der Waals surface area contributed by atoms with Gasteiger partial charge in [0.1, 0.15) is 5.84 Å². The van der Waals surface area contributed by atoms with Crippen LogP contribution in [0.5, 0.6) is 0 Å². The van der Waals surface area contributed by atoms with Crippen LogP contribution in [0.2, 0.25) is 0 Å². The highest BCUT2D eigenvalue weighted by atomic mass is 15.3. The molecule has 0 bridgehead atoms. The van der Waals surface area contributed by atoms with E-state index in [1.807, 2.05) is 6.92 Å². The van der Waals surface area contributed by atoms with E-state index in [2.05, 4.69) is 10.5 Å². The fourth-order valence-corrected chi connectivity index (χ4v) is 0.796. The first-order valence-electron chi connectivity index (χ1n) is 3.15. The lowest BCUT2D eigenvalue weighted by Crippen LogP contribution is -2.14. The smallest absolute Gasteiger partial charge is 0.114 e. The zero-order chi connectivity index (χ0) is 6.69. The van der Waals surface area contributed by atoms with E-state index in [4.69, 9.17) is 5.41 Å². The minimum absolute atomic E-state index is 0.534. The molecule has 0 amide bonds. The molecule has 0 saturated heterocycles. The topological polar surface area (TPSA) is 48.2 Å². The van der Waals surface area contributed by atoms with Gasteiger partial charge in [-0.15, -0.1) is 0 Å². The van der Waals surface area contributed by atoms with Gasteiger partial charge in [-0.3, -0.25) is 10.8 Å². The molecule has 0 aliphatic carbocycles. The van der Waals surface area contributed by atoms with Crippen molar-refractivity contribution in [2.75, 3.05) is 0 Å². The summed E-state index contributed by atoms with van der Waals surface area (Å²) < 4.78 is 0. The maximum atomic E-state index is 7.20. The van der Waals surface area contributed by atoms with E-state index in [1.54, 1.807) is 0 Å². The zero-order valence-corrected chi connectivity index (χ0v) is 5.57. The van der Waals surface area contributed by atoms with Crippen LogP contribution in [-0.2, 0) is 0 Å². The van der Waals surface area contributed by atoms with Crippen molar-refractivity contribution in [1.29, 1.82) is 5.41 Å². The van der Waals surface area contributed by atoms with Gasteiger partial charge >= 0.3 is 0 Å². The van der Waals surface area contributed by atoms with Gasteiger partial charge in [0, 0.05) is 12.1 Å². The summed E-state index contributed by atoms with van der Waals surface area (Å²) in [5, 5.41) is 11.1. The molecule has 0 saturated carbocycles. The second-order valence-corrected chi connectivity index (χ2v) is 2.29. The van der Waals surface area contributed by atoms with Crippen LogP contribution in [0, 0.1) is 5.41 Å². The Morgan fingerprint density at radius 2 is 2.33 bits per heavy atom. The Hall–Kier alpha value is -0.860. The summed E-state index contributed by atoms with van der Waals surface area (Å²) in [5.74, 6) is 0.534. The van der Waals surface area contributed by atoms with Crippen LogP contribution >= 0.6 is 0 Å². The first-order valence-corrected chi connectivity index (χ1v) is 3.15. The number of hydrogen-bond acceptors (Lipinski definition) is 2. The lowest BCUT2D eigenvalue weighted by atomic mass is 10.2. The second kappa shape index (κ2) is 2.62. The highest BCUT2D eigenvalue weighted by Gasteiger charge is 2.01. The van der Waals surface area contributed by atoms with Crippen molar-refractivity contribution in [3.05, 3.63) is 0 Å². The SMILES string of the molecule is CC1=NNC(=N)CCC1. The van der Waals surface area contributed by atoms with Crippen LogP contribution in [0.3, 0.4) is 0 Å². The molecule has 3 nitrogen and oxygen atoms in total. The maximum Gasteiger partial charge on any atom is 0.114 e. The average Bonchev–Trinajstić information content (AvgIpc) is 1.97. The number of nitrogens with zero attached hydrogens (tertiary/aromatic N) is 1. The van der Waals surface area contributed by atoms with Crippen LogP contribution in [0.4, 0.5) is 0 Å². The predicted molar refractivity (Wildman–Crippen MR) is 37.8 cm³/mol. The van der Waals surface area contributed by atoms with Crippen LogP contribution in [-0.4, -0.2) is 11.5 Å². The van der Waals surface area contributed by atoms with Gasteiger partial charge in [0.2, 0.25) is 0 Å². The van der Waals surface area contributed by atoms with Crippen LogP contribution in [0.25, 0.3) is 0 Å². The molecule has 2 N–H and O–H groups in total. The Balaban J connectivity index is 2.52. The first-order chi connectivity index (χ1) is 4.29. The van der Waals surface area contributed by atoms with E-state index >= 15 is 0 Å². The summed E-state index contributed by atoms with van der Waals surface area (Å²) in [7, 11) is 0. The summed E-state index contributed by atoms with van der Waals surface area (Å²) in [6, 6.07) is 0. The molecule has 9 heavy (non-hydrogen) atoms. The number of rotatable bonds is 0. The highest BCUT2D eigenvalue weighted by molar-refractivity contribution is 5.87. The molecule has 3 heteroatoms. The van der Waals surface area contributed by atoms with Gasteiger partial charge in [0.15, 0.2) is 0 Å². The Kier molecular flexibility index (Phi) is 1.82. The number of nitrogens with one attached hydrogen (secondary N) is 2. The predicted octanol–water partition coefficient (Wildman–Crippen LogP) is 1.11. The Morgan fingerprint density at radius 1 is 1.56 bits per heavy atom. The van der Waals surface area contributed by atoms with Crippen LogP contribution in [0.15, 0.2) is 5.10 Å². The number of hydrazone groups is 1. The van der Waals surface area contributed by atoms with Gasteiger partial charge < -0.3 is 0 Å². The summed E-state index contributed by atoms with van der Waals surface area (Å²) in [6.45, 7) is 1.98. The van der Waals surface area contributed by atoms with Gasteiger partial charge in [0.25, 0.3) is 0 Å². The van der Waals surface area contributed by atoms with Crippen molar-refractivity contribution in [3.63, 3.8) is 0 Å². The zero-order valence-electron chi connectivity index (χ0n) is 5.57. The molecule has 1 aliphatic rings. The van der Waals surface area contributed by atoms with Crippen LogP contribution < -0.4 is 5.43 Å². The summed E-state index contributed by atoms with van der Waals surface area (Å²) in [4.78, 5) is 0. The molecule has 0 fully saturated rings. The monoisotopic (exact) mass is 125 g/mol. The van der Waals surface area contributed by atoms with Crippen molar-refractivity contribution < 1.29 is 0 Å².